The van der Waals surface area contributed by atoms with Crippen LogP contribution in [-0.2, 0) is 0 Å². The molecule has 1 heterocycles. The second kappa shape index (κ2) is 3.74. The molecule has 17 heavy (non-hydrogen) atoms. The van der Waals surface area contributed by atoms with E-state index in [1.165, 1.54) is 10.8 Å². The SMILES string of the molecule is CN(C)c1cccc2cc3ccccc3nc12. The molecule has 2 aromatic carbocycles. The van der Waals surface area contributed by atoms with Gasteiger partial charge in [-0.25, -0.2) is 4.98 Å². The molecule has 0 unspecified atom stereocenters. The second-order valence-corrected chi connectivity index (χ2v) is 4.42. The van der Waals surface area contributed by atoms with Crippen LogP contribution < -0.4 is 4.90 Å². The first-order chi connectivity index (χ1) is 8.25. The first-order valence-electron chi connectivity index (χ1n) is 5.71. The minimum atomic E-state index is 1.05. The lowest BCUT2D eigenvalue weighted by molar-refractivity contribution is 1.14. The molecule has 0 spiro atoms. The second-order valence-electron chi connectivity index (χ2n) is 4.42. The van der Waals surface area contributed by atoms with Gasteiger partial charge in [0.2, 0.25) is 0 Å². The molecule has 1 aromatic heterocycles. The molecule has 0 N–H and O–H groups in total. The predicted molar refractivity (Wildman–Crippen MR) is 73.6 cm³/mol. The molecule has 0 atom stereocenters. The van der Waals surface area contributed by atoms with Gasteiger partial charge in [0.25, 0.3) is 0 Å². The minimum Gasteiger partial charge on any atom is -0.376 e. The van der Waals surface area contributed by atoms with E-state index in [0.717, 1.165) is 16.7 Å². The van der Waals surface area contributed by atoms with E-state index in [2.05, 4.69) is 41.3 Å². The highest BCUT2D eigenvalue weighted by Crippen LogP contribution is 2.26. The number of hydrogen-bond donors (Lipinski definition) is 0. The van der Waals surface area contributed by atoms with Gasteiger partial charge in [0, 0.05) is 24.9 Å². The van der Waals surface area contributed by atoms with Crippen LogP contribution in [0.25, 0.3) is 21.8 Å². The zero-order chi connectivity index (χ0) is 11.8. The van der Waals surface area contributed by atoms with Crippen LogP contribution in [0, 0.1) is 0 Å². The summed E-state index contributed by atoms with van der Waals surface area (Å²) < 4.78 is 0. The van der Waals surface area contributed by atoms with Crippen molar-refractivity contribution in [3.63, 3.8) is 0 Å². The third kappa shape index (κ3) is 1.62. The molecule has 0 bridgehead atoms. The van der Waals surface area contributed by atoms with Crippen LogP contribution in [-0.4, -0.2) is 19.1 Å². The molecule has 0 fully saturated rings. The largest absolute Gasteiger partial charge is 0.376 e. The predicted octanol–water partition coefficient (Wildman–Crippen LogP) is 3.45. The van der Waals surface area contributed by atoms with Crippen molar-refractivity contribution < 1.29 is 0 Å². The van der Waals surface area contributed by atoms with E-state index in [9.17, 15) is 0 Å². The van der Waals surface area contributed by atoms with Crippen molar-refractivity contribution in [2.45, 2.75) is 0 Å². The average Bonchev–Trinajstić information content (AvgIpc) is 2.35. The number of hydrogen-bond acceptors (Lipinski definition) is 2. The Labute approximate surface area is 101 Å². The molecule has 2 nitrogen and oxygen atoms in total. The van der Waals surface area contributed by atoms with E-state index in [1.807, 2.05) is 26.2 Å². The van der Waals surface area contributed by atoms with Gasteiger partial charge in [-0.15, -0.1) is 0 Å². The average molecular weight is 222 g/mol. The number of para-hydroxylation sites is 2. The van der Waals surface area contributed by atoms with Gasteiger partial charge in [-0.1, -0.05) is 30.3 Å². The number of anilines is 1. The molecule has 2 heteroatoms. The topological polar surface area (TPSA) is 16.1 Å². The molecule has 0 amide bonds. The normalized spacial score (nSPS) is 10.9. The van der Waals surface area contributed by atoms with Gasteiger partial charge in [0.15, 0.2) is 0 Å². The van der Waals surface area contributed by atoms with Gasteiger partial charge in [0.05, 0.1) is 16.7 Å². The number of nitrogens with zero attached hydrogens (tertiary/aromatic N) is 2. The molecule has 84 valence electrons. The zero-order valence-corrected chi connectivity index (χ0v) is 10.0. The molecule has 3 aromatic rings. The van der Waals surface area contributed by atoms with Gasteiger partial charge in [-0.05, 0) is 18.2 Å². The summed E-state index contributed by atoms with van der Waals surface area (Å²) >= 11 is 0. The summed E-state index contributed by atoms with van der Waals surface area (Å²) in [6.07, 6.45) is 0. The van der Waals surface area contributed by atoms with Gasteiger partial charge in [-0.3, -0.25) is 0 Å². The molecule has 0 saturated carbocycles. The molecule has 0 saturated heterocycles. The zero-order valence-electron chi connectivity index (χ0n) is 10.0. The van der Waals surface area contributed by atoms with Crippen molar-refractivity contribution in [3.05, 3.63) is 48.5 Å². The summed E-state index contributed by atoms with van der Waals surface area (Å²) in [5, 5.41) is 2.38. The molecule has 0 aliphatic carbocycles. The van der Waals surface area contributed by atoms with E-state index < -0.39 is 0 Å². The lowest BCUT2D eigenvalue weighted by Gasteiger charge is -2.14. The van der Waals surface area contributed by atoms with Gasteiger partial charge >= 0.3 is 0 Å². The number of aromatic nitrogens is 1. The van der Waals surface area contributed by atoms with Crippen molar-refractivity contribution in [1.82, 2.24) is 4.98 Å². The first-order valence-corrected chi connectivity index (χ1v) is 5.71. The lowest BCUT2D eigenvalue weighted by Crippen LogP contribution is -2.09. The van der Waals surface area contributed by atoms with Crippen LogP contribution in [0.15, 0.2) is 48.5 Å². The third-order valence-corrected chi connectivity index (χ3v) is 3.01. The van der Waals surface area contributed by atoms with Crippen LogP contribution in [0.2, 0.25) is 0 Å². The van der Waals surface area contributed by atoms with Crippen molar-refractivity contribution in [3.8, 4) is 0 Å². The Hall–Kier alpha value is -2.09. The van der Waals surface area contributed by atoms with Crippen molar-refractivity contribution in [2.75, 3.05) is 19.0 Å². The van der Waals surface area contributed by atoms with Gasteiger partial charge in [0.1, 0.15) is 0 Å². The fraction of sp³-hybridized carbons (Fsp3) is 0.133. The highest BCUT2D eigenvalue weighted by molar-refractivity contribution is 5.98. The molecule has 0 radical (unpaired) electrons. The lowest BCUT2D eigenvalue weighted by atomic mass is 10.1. The summed E-state index contributed by atoms with van der Waals surface area (Å²) in [5.74, 6) is 0. The summed E-state index contributed by atoms with van der Waals surface area (Å²) in [4.78, 5) is 6.86. The summed E-state index contributed by atoms with van der Waals surface area (Å²) in [6.45, 7) is 0. The van der Waals surface area contributed by atoms with Crippen LogP contribution in [0.3, 0.4) is 0 Å². The number of pyridine rings is 1. The van der Waals surface area contributed by atoms with Crippen LogP contribution in [0.4, 0.5) is 5.69 Å². The van der Waals surface area contributed by atoms with Gasteiger partial charge < -0.3 is 4.90 Å². The first kappa shape index (κ1) is 10.1. The highest BCUT2D eigenvalue weighted by Gasteiger charge is 2.05. The molecule has 0 aliphatic rings. The Bertz CT molecular complexity index is 687. The van der Waals surface area contributed by atoms with Crippen LogP contribution in [0.1, 0.15) is 0 Å². The quantitative estimate of drug-likeness (QED) is 0.586. The van der Waals surface area contributed by atoms with Crippen molar-refractivity contribution >= 4 is 27.5 Å². The van der Waals surface area contributed by atoms with Crippen molar-refractivity contribution in [1.29, 1.82) is 0 Å². The third-order valence-electron chi connectivity index (χ3n) is 3.01. The van der Waals surface area contributed by atoms with E-state index in [4.69, 9.17) is 4.98 Å². The Morgan fingerprint density at radius 3 is 2.47 bits per heavy atom. The van der Waals surface area contributed by atoms with Crippen LogP contribution >= 0.6 is 0 Å². The molecular weight excluding hydrogens is 208 g/mol. The minimum absolute atomic E-state index is 1.05. The smallest absolute Gasteiger partial charge is 0.0942 e. The van der Waals surface area contributed by atoms with Crippen LogP contribution in [0.5, 0.6) is 0 Å². The summed E-state index contributed by atoms with van der Waals surface area (Å²) in [6, 6.07) is 16.7. The number of fused-ring (bicyclic) bond motifs is 2. The standard InChI is InChI=1S/C15H14N2/c1-17(2)14-9-5-7-12-10-11-6-3-4-8-13(11)16-15(12)14/h3-10H,1-2H3. The highest BCUT2D eigenvalue weighted by atomic mass is 15.1. The Kier molecular flexibility index (Phi) is 2.22. The molecule has 0 aliphatic heterocycles. The van der Waals surface area contributed by atoms with E-state index in [0.29, 0.717) is 0 Å². The molecule has 3 rings (SSSR count). The van der Waals surface area contributed by atoms with E-state index in [1.54, 1.807) is 0 Å². The van der Waals surface area contributed by atoms with Gasteiger partial charge in [-0.2, -0.15) is 0 Å². The summed E-state index contributed by atoms with van der Waals surface area (Å²) in [5.41, 5.74) is 3.28. The van der Waals surface area contributed by atoms with Crippen molar-refractivity contribution in [2.24, 2.45) is 0 Å². The fourth-order valence-corrected chi connectivity index (χ4v) is 2.15. The summed E-state index contributed by atoms with van der Waals surface area (Å²) in [7, 11) is 4.09. The van der Waals surface area contributed by atoms with E-state index in [-0.39, 0.29) is 0 Å². The maximum absolute atomic E-state index is 4.76. The monoisotopic (exact) mass is 222 g/mol. The number of benzene rings is 2. The maximum Gasteiger partial charge on any atom is 0.0942 e. The molecular formula is C15H14N2. The van der Waals surface area contributed by atoms with E-state index >= 15 is 0 Å². The Morgan fingerprint density at radius 2 is 1.65 bits per heavy atom. The number of rotatable bonds is 1. The Balaban J connectivity index is 2.43. The Morgan fingerprint density at radius 1 is 0.882 bits per heavy atom. The fourth-order valence-electron chi connectivity index (χ4n) is 2.15. The maximum atomic E-state index is 4.76.